The fourth-order valence-electron chi connectivity index (χ4n) is 2.21. The van der Waals surface area contributed by atoms with Crippen LogP contribution in [0.1, 0.15) is 13.3 Å². The lowest BCUT2D eigenvalue weighted by molar-refractivity contribution is -0.116. The minimum absolute atomic E-state index is 0.128. The number of benzene rings is 1. The smallest absolute Gasteiger partial charge is 0.293 e. The number of carbonyl (C=O) groups excluding carboxylic acids is 1. The number of rotatable bonds is 8. The fraction of sp³-hybridized carbons (Fsp3) is 0.333. The van der Waals surface area contributed by atoms with Crippen molar-refractivity contribution in [3.05, 3.63) is 46.9 Å². The Morgan fingerprint density at radius 2 is 1.96 bits per heavy atom. The van der Waals surface area contributed by atoms with E-state index in [2.05, 4.69) is 5.32 Å². The molecule has 25 heavy (non-hydrogen) atoms. The summed E-state index contributed by atoms with van der Waals surface area (Å²) in [5.74, 6) is 0.976. The zero-order chi connectivity index (χ0) is 18.2. The molecule has 1 amide bonds. The number of amides is 1. The normalized spacial score (nSPS) is 10.2. The van der Waals surface area contributed by atoms with E-state index < -0.39 is 0 Å². The highest BCUT2D eigenvalue weighted by Gasteiger charge is 2.11. The number of hydrogen-bond donors (Lipinski definition) is 1. The van der Waals surface area contributed by atoms with Crippen molar-refractivity contribution in [3.63, 3.8) is 0 Å². The van der Waals surface area contributed by atoms with Crippen molar-refractivity contribution in [2.45, 2.75) is 19.9 Å². The van der Waals surface area contributed by atoms with Gasteiger partial charge in [-0.3, -0.25) is 9.59 Å². The first-order valence-corrected chi connectivity index (χ1v) is 7.93. The van der Waals surface area contributed by atoms with Gasteiger partial charge in [-0.15, -0.1) is 0 Å². The molecule has 2 aromatic rings. The first-order chi connectivity index (χ1) is 12.1. The van der Waals surface area contributed by atoms with Crippen LogP contribution in [0, 0.1) is 0 Å². The van der Waals surface area contributed by atoms with Gasteiger partial charge in [0.1, 0.15) is 18.0 Å². The summed E-state index contributed by atoms with van der Waals surface area (Å²) in [6, 6.07) is 8.33. The molecule has 0 atom stereocenters. The van der Waals surface area contributed by atoms with E-state index in [1.807, 2.05) is 6.92 Å². The number of carbonyl (C=O) groups is 1. The molecule has 0 bridgehead atoms. The van der Waals surface area contributed by atoms with E-state index >= 15 is 0 Å². The minimum Gasteiger partial charge on any atom is -0.497 e. The minimum atomic E-state index is -0.349. The van der Waals surface area contributed by atoms with Crippen LogP contribution in [0.25, 0.3) is 0 Å². The summed E-state index contributed by atoms with van der Waals surface area (Å²) in [4.78, 5) is 24.6. The summed E-state index contributed by atoms with van der Waals surface area (Å²) in [5, 5.41) is 2.73. The lowest BCUT2D eigenvalue weighted by Crippen LogP contribution is -2.28. The molecule has 2 rings (SSSR count). The van der Waals surface area contributed by atoms with E-state index in [1.54, 1.807) is 43.6 Å². The zero-order valence-corrected chi connectivity index (χ0v) is 14.6. The molecule has 1 aromatic carbocycles. The number of aromatic nitrogens is 1. The van der Waals surface area contributed by atoms with Gasteiger partial charge >= 0.3 is 0 Å². The van der Waals surface area contributed by atoms with Crippen LogP contribution in [0.5, 0.6) is 17.2 Å². The molecule has 1 heterocycles. The number of hydrogen-bond acceptors (Lipinski definition) is 5. The van der Waals surface area contributed by atoms with E-state index in [0.717, 1.165) is 6.42 Å². The highest BCUT2D eigenvalue weighted by Crippen LogP contribution is 2.28. The second-order valence-electron chi connectivity index (χ2n) is 5.27. The second kappa shape index (κ2) is 8.77. The first kappa shape index (κ1) is 18.4. The molecular weight excluding hydrogens is 324 g/mol. The molecule has 1 N–H and O–H groups in total. The quantitative estimate of drug-likeness (QED) is 0.793. The number of nitrogens with one attached hydrogen (secondary N) is 1. The third kappa shape index (κ3) is 4.76. The van der Waals surface area contributed by atoms with Crippen molar-refractivity contribution in [1.82, 2.24) is 4.57 Å². The van der Waals surface area contributed by atoms with Gasteiger partial charge in [-0.2, -0.15) is 0 Å². The van der Waals surface area contributed by atoms with Gasteiger partial charge in [0.15, 0.2) is 5.75 Å². The zero-order valence-electron chi connectivity index (χ0n) is 14.6. The van der Waals surface area contributed by atoms with Crippen LogP contribution in [0.2, 0.25) is 0 Å². The third-order valence-corrected chi connectivity index (χ3v) is 3.44. The van der Waals surface area contributed by atoms with Gasteiger partial charge in [0.25, 0.3) is 5.56 Å². The van der Waals surface area contributed by atoms with Gasteiger partial charge in [-0.25, -0.2) is 0 Å². The number of pyridine rings is 1. The van der Waals surface area contributed by atoms with Crippen molar-refractivity contribution >= 4 is 11.6 Å². The average Bonchev–Trinajstić information content (AvgIpc) is 2.62. The molecule has 0 saturated carbocycles. The van der Waals surface area contributed by atoms with Crippen LogP contribution in [0.15, 0.2) is 41.3 Å². The van der Waals surface area contributed by atoms with E-state index in [1.165, 1.54) is 11.7 Å². The number of methoxy groups -OCH3 is 2. The standard InChI is InChI=1S/C18H22N2O5/c1-4-10-25-15-6-5-9-20(18(15)22)12-17(21)19-14-8-7-13(23-2)11-16(14)24-3/h5-9,11H,4,10,12H2,1-3H3,(H,19,21). The monoisotopic (exact) mass is 346 g/mol. The summed E-state index contributed by atoms with van der Waals surface area (Å²) < 4.78 is 17.1. The average molecular weight is 346 g/mol. The highest BCUT2D eigenvalue weighted by molar-refractivity contribution is 5.92. The molecule has 7 heteroatoms. The van der Waals surface area contributed by atoms with Gasteiger partial charge in [0.05, 0.1) is 26.5 Å². The molecule has 0 fully saturated rings. The third-order valence-electron chi connectivity index (χ3n) is 3.44. The number of nitrogens with zero attached hydrogens (tertiary/aromatic N) is 1. The molecule has 0 unspecified atom stereocenters. The maximum absolute atomic E-state index is 12.3. The fourth-order valence-corrected chi connectivity index (χ4v) is 2.21. The molecule has 1 aromatic heterocycles. The summed E-state index contributed by atoms with van der Waals surface area (Å²) in [6.45, 7) is 2.28. The van der Waals surface area contributed by atoms with Gasteiger partial charge < -0.3 is 24.1 Å². The molecule has 0 aliphatic heterocycles. The molecule has 0 saturated heterocycles. The van der Waals surface area contributed by atoms with Gasteiger partial charge in [-0.05, 0) is 30.7 Å². The Morgan fingerprint density at radius 3 is 2.64 bits per heavy atom. The molecule has 134 valence electrons. The van der Waals surface area contributed by atoms with Crippen molar-refractivity contribution < 1.29 is 19.0 Å². The topological polar surface area (TPSA) is 78.8 Å². The van der Waals surface area contributed by atoms with Gasteiger partial charge in [0, 0.05) is 12.3 Å². The van der Waals surface area contributed by atoms with Crippen LogP contribution in [0.3, 0.4) is 0 Å². The second-order valence-corrected chi connectivity index (χ2v) is 5.27. The Kier molecular flexibility index (Phi) is 6.45. The molecule has 0 radical (unpaired) electrons. The largest absolute Gasteiger partial charge is 0.497 e. The molecule has 7 nitrogen and oxygen atoms in total. The predicted octanol–water partition coefficient (Wildman–Crippen LogP) is 2.29. The summed E-state index contributed by atoms with van der Waals surface area (Å²) in [7, 11) is 3.05. The van der Waals surface area contributed by atoms with Gasteiger partial charge in [-0.1, -0.05) is 6.92 Å². The lowest BCUT2D eigenvalue weighted by Gasteiger charge is -2.13. The van der Waals surface area contributed by atoms with Crippen LogP contribution in [-0.4, -0.2) is 31.3 Å². The van der Waals surface area contributed by atoms with Crippen LogP contribution in [-0.2, 0) is 11.3 Å². The van der Waals surface area contributed by atoms with Crippen LogP contribution < -0.4 is 25.1 Å². The maximum atomic E-state index is 12.3. The molecule has 0 spiro atoms. The first-order valence-electron chi connectivity index (χ1n) is 7.93. The summed E-state index contributed by atoms with van der Waals surface area (Å²) in [5.41, 5.74) is 0.160. The van der Waals surface area contributed by atoms with Crippen molar-refractivity contribution in [1.29, 1.82) is 0 Å². The Hall–Kier alpha value is -2.96. The summed E-state index contributed by atoms with van der Waals surface area (Å²) >= 11 is 0. The Balaban J connectivity index is 2.12. The molecular formula is C18H22N2O5. The Bertz CT molecular complexity index is 785. The lowest BCUT2D eigenvalue weighted by atomic mass is 10.2. The SMILES string of the molecule is CCCOc1cccn(CC(=O)Nc2ccc(OC)cc2OC)c1=O. The molecule has 0 aliphatic carbocycles. The van der Waals surface area contributed by atoms with Gasteiger partial charge in [0.2, 0.25) is 5.91 Å². The van der Waals surface area contributed by atoms with E-state index in [0.29, 0.717) is 23.8 Å². The predicted molar refractivity (Wildman–Crippen MR) is 94.7 cm³/mol. The molecule has 0 aliphatic rings. The Morgan fingerprint density at radius 1 is 1.16 bits per heavy atom. The van der Waals surface area contributed by atoms with E-state index in [9.17, 15) is 9.59 Å². The van der Waals surface area contributed by atoms with Crippen molar-refractivity contribution in [2.24, 2.45) is 0 Å². The van der Waals surface area contributed by atoms with Crippen molar-refractivity contribution in [2.75, 3.05) is 26.1 Å². The van der Waals surface area contributed by atoms with Crippen LogP contribution in [0.4, 0.5) is 5.69 Å². The maximum Gasteiger partial charge on any atom is 0.293 e. The van der Waals surface area contributed by atoms with E-state index in [-0.39, 0.29) is 23.8 Å². The summed E-state index contributed by atoms with van der Waals surface area (Å²) in [6.07, 6.45) is 2.35. The number of ether oxygens (including phenoxy) is 3. The highest BCUT2D eigenvalue weighted by atomic mass is 16.5. The van der Waals surface area contributed by atoms with Crippen LogP contribution >= 0.6 is 0 Å². The number of anilines is 1. The van der Waals surface area contributed by atoms with E-state index in [4.69, 9.17) is 14.2 Å². The Labute approximate surface area is 146 Å². The van der Waals surface area contributed by atoms with Crippen molar-refractivity contribution in [3.8, 4) is 17.2 Å².